The number of nitrogens with one attached hydrogen (secondary N) is 1. The molecule has 1 fully saturated rings. The van der Waals surface area contributed by atoms with Gasteiger partial charge in [0.15, 0.2) is 0 Å². The highest BCUT2D eigenvalue weighted by Crippen LogP contribution is 2.33. The molecule has 0 radical (unpaired) electrons. The molecule has 3 N–H and O–H groups in total. The van der Waals surface area contributed by atoms with Crippen LogP contribution in [0.4, 0.5) is 10.5 Å². The predicted molar refractivity (Wildman–Crippen MR) is 97.7 cm³/mol. The maximum absolute atomic E-state index is 12.7. The number of hydrogen-bond donors (Lipinski definition) is 3. The zero-order chi connectivity index (χ0) is 19.0. The van der Waals surface area contributed by atoms with E-state index in [4.69, 9.17) is 0 Å². The molecule has 0 aliphatic carbocycles. The Morgan fingerprint density at radius 2 is 1.69 bits per heavy atom. The van der Waals surface area contributed by atoms with Gasteiger partial charge in [-0.25, -0.2) is 9.69 Å². The fourth-order valence-electron chi connectivity index (χ4n) is 2.42. The van der Waals surface area contributed by atoms with Crippen molar-refractivity contribution in [2.45, 2.75) is 6.92 Å². The van der Waals surface area contributed by atoms with Crippen LogP contribution in [-0.4, -0.2) is 28.1 Å². The normalized spacial score (nSPS) is 16.2. The smallest absolute Gasteiger partial charge is 0.335 e. The number of benzene rings is 2. The van der Waals surface area contributed by atoms with E-state index in [0.717, 1.165) is 22.6 Å². The van der Waals surface area contributed by atoms with E-state index in [1.165, 1.54) is 6.07 Å². The van der Waals surface area contributed by atoms with Crippen molar-refractivity contribution in [1.82, 2.24) is 5.32 Å². The quantitative estimate of drug-likeness (QED) is 0.515. The molecule has 26 heavy (non-hydrogen) atoms. The van der Waals surface area contributed by atoms with Crippen LogP contribution < -0.4 is 10.2 Å². The number of hydrogen-bond acceptors (Lipinski definition) is 5. The standard InChI is InChI=1S/C18H13BrN2O5/c1-9-2-4-11(5-3-9)21-17(25)12(16(24)20-18(21)26)6-10-7-13(19)15(23)8-14(10)22/h2-8,22-23H,1H3,(H,20,24,26). The second-order valence-corrected chi connectivity index (χ2v) is 6.51. The number of carbonyl (C=O) groups is 3. The molecule has 1 aliphatic rings. The van der Waals surface area contributed by atoms with Gasteiger partial charge in [0.1, 0.15) is 17.1 Å². The second-order valence-electron chi connectivity index (χ2n) is 5.66. The lowest BCUT2D eigenvalue weighted by Gasteiger charge is -2.26. The Labute approximate surface area is 156 Å². The summed E-state index contributed by atoms with van der Waals surface area (Å²) in [6.45, 7) is 1.86. The molecule has 0 atom stereocenters. The van der Waals surface area contributed by atoms with E-state index in [0.29, 0.717) is 5.69 Å². The van der Waals surface area contributed by atoms with Crippen LogP contribution in [0.3, 0.4) is 0 Å². The fraction of sp³-hybridized carbons (Fsp3) is 0.0556. The van der Waals surface area contributed by atoms with E-state index in [9.17, 15) is 24.6 Å². The summed E-state index contributed by atoms with van der Waals surface area (Å²) in [6.07, 6.45) is 1.16. The van der Waals surface area contributed by atoms with Crippen molar-refractivity contribution >= 4 is 45.5 Å². The molecule has 1 heterocycles. The highest BCUT2D eigenvalue weighted by molar-refractivity contribution is 9.10. The minimum absolute atomic E-state index is 0.131. The van der Waals surface area contributed by atoms with Crippen molar-refractivity contribution in [3.63, 3.8) is 0 Å². The van der Waals surface area contributed by atoms with E-state index in [1.54, 1.807) is 24.3 Å². The van der Waals surface area contributed by atoms with Gasteiger partial charge in [0.2, 0.25) is 0 Å². The van der Waals surface area contributed by atoms with Gasteiger partial charge in [-0.1, -0.05) is 17.7 Å². The third-order valence-corrected chi connectivity index (χ3v) is 4.42. The maximum atomic E-state index is 12.7. The molecule has 0 saturated carbocycles. The van der Waals surface area contributed by atoms with Gasteiger partial charge < -0.3 is 10.2 Å². The van der Waals surface area contributed by atoms with Crippen molar-refractivity contribution in [2.24, 2.45) is 0 Å². The van der Waals surface area contributed by atoms with Crippen molar-refractivity contribution in [3.05, 3.63) is 57.6 Å². The number of barbiturate groups is 1. The average molecular weight is 417 g/mol. The molecule has 0 unspecified atom stereocenters. The van der Waals surface area contributed by atoms with Gasteiger partial charge in [0.05, 0.1) is 10.2 Å². The molecule has 8 heteroatoms. The number of nitrogens with zero attached hydrogens (tertiary/aromatic N) is 1. The summed E-state index contributed by atoms with van der Waals surface area (Å²) in [5.41, 5.74) is 1.07. The van der Waals surface area contributed by atoms with Gasteiger partial charge in [-0.05, 0) is 47.1 Å². The Balaban J connectivity index is 2.05. The molecular weight excluding hydrogens is 404 g/mol. The molecule has 0 aromatic heterocycles. The third kappa shape index (κ3) is 3.18. The first kappa shape index (κ1) is 17.7. The summed E-state index contributed by atoms with van der Waals surface area (Å²) in [4.78, 5) is 37.8. The fourth-order valence-corrected chi connectivity index (χ4v) is 2.78. The Morgan fingerprint density at radius 3 is 2.35 bits per heavy atom. The number of amides is 4. The highest BCUT2D eigenvalue weighted by Gasteiger charge is 2.36. The van der Waals surface area contributed by atoms with Crippen molar-refractivity contribution in [3.8, 4) is 11.5 Å². The monoisotopic (exact) mass is 416 g/mol. The van der Waals surface area contributed by atoms with Crippen LogP contribution in [0.5, 0.6) is 11.5 Å². The number of aryl methyl sites for hydroxylation is 1. The first-order valence-corrected chi connectivity index (χ1v) is 8.27. The van der Waals surface area contributed by atoms with E-state index in [2.05, 4.69) is 21.2 Å². The SMILES string of the molecule is Cc1ccc(N2C(=O)NC(=O)C(=Cc3cc(Br)c(O)cc3O)C2=O)cc1. The second kappa shape index (κ2) is 6.64. The van der Waals surface area contributed by atoms with Crippen molar-refractivity contribution in [1.29, 1.82) is 0 Å². The summed E-state index contributed by atoms with van der Waals surface area (Å²) in [7, 11) is 0. The number of imide groups is 2. The van der Waals surface area contributed by atoms with Crippen LogP contribution in [0, 0.1) is 6.92 Å². The number of phenols is 2. The van der Waals surface area contributed by atoms with Gasteiger partial charge >= 0.3 is 6.03 Å². The Kier molecular flexibility index (Phi) is 4.52. The number of rotatable bonds is 2. The molecule has 1 saturated heterocycles. The van der Waals surface area contributed by atoms with Crippen LogP contribution in [0.15, 0.2) is 46.4 Å². The largest absolute Gasteiger partial charge is 0.507 e. The van der Waals surface area contributed by atoms with E-state index in [1.807, 2.05) is 6.92 Å². The van der Waals surface area contributed by atoms with E-state index in [-0.39, 0.29) is 27.1 Å². The Hall–Kier alpha value is -3.13. The van der Waals surface area contributed by atoms with Gasteiger partial charge in [0, 0.05) is 11.6 Å². The number of aromatic hydroxyl groups is 2. The summed E-state index contributed by atoms with van der Waals surface area (Å²) in [5.74, 6) is -2.20. The summed E-state index contributed by atoms with van der Waals surface area (Å²) >= 11 is 3.10. The number of phenolic OH excluding ortho intramolecular Hbond substituents is 2. The molecule has 0 bridgehead atoms. The number of halogens is 1. The molecular formula is C18H13BrN2O5. The van der Waals surface area contributed by atoms with Gasteiger partial charge in [-0.15, -0.1) is 0 Å². The summed E-state index contributed by atoms with van der Waals surface area (Å²) in [5, 5.41) is 21.6. The van der Waals surface area contributed by atoms with Crippen LogP contribution in [0.2, 0.25) is 0 Å². The van der Waals surface area contributed by atoms with Crippen molar-refractivity contribution in [2.75, 3.05) is 4.90 Å². The zero-order valence-electron chi connectivity index (χ0n) is 13.5. The molecule has 4 amide bonds. The molecule has 3 rings (SSSR count). The lowest BCUT2D eigenvalue weighted by Crippen LogP contribution is -2.54. The molecule has 132 valence electrons. The molecule has 2 aromatic rings. The minimum atomic E-state index is -0.869. The lowest BCUT2D eigenvalue weighted by molar-refractivity contribution is -0.122. The van der Waals surface area contributed by atoms with Crippen LogP contribution >= 0.6 is 15.9 Å². The highest BCUT2D eigenvalue weighted by atomic mass is 79.9. The first-order valence-electron chi connectivity index (χ1n) is 7.47. The van der Waals surface area contributed by atoms with Crippen LogP contribution in [0.1, 0.15) is 11.1 Å². The molecule has 1 aliphatic heterocycles. The summed E-state index contributed by atoms with van der Waals surface area (Å²) < 4.78 is 0.275. The minimum Gasteiger partial charge on any atom is -0.507 e. The van der Waals surface area contributed by atoms with Gasteiger partial charge in [-0.2, -0.15) is 0 Å². The van der Waals surface area contributed by atoms with Crippen molar-refractivity contribution < 1.29 is 24.6 Å². The predicted octanol–water partition coefficient (Wildman–Crippen LogP) is 2.84. The number of anilines is 1. The lowest BCUT2D eigenvalue weighted by atomic mass is 10.1. The van der Waals surface area contributed by atoms with E-state index < -0.39 is 17.8 Å². The third-order valence-electron chi connectivity index (χ3n) is 3.79. The molecule has 7 nitrogen and oxygen atoms in total. The zero-order valence-corrected chi connectivity index (χ0v) is 15.1. The first-order chi connectivity index (χ1) is 12.3. The Morgan fingerprint density at radius 1 is 1.04 bits per heavy atom. The van der Waals surface area contributed by atoms with Crippen LogP contribution in [-0.2, 0) is 9.59 Å². The number of urea groups is 1. The van der Waals surface area contributed by atoms with E-state index >= 15 is 0 Å². The summed E-state index contributed by atoms with van der Waals surface area (Å²) in [6, 6.07) is 8.23. The Bertz CT molecular complexity index is 966. The van der Waals surface area contributed by atoms with Gasteiger partial charge in [-0.3, -0.25) is 14.9 Å². The van der Waals surface area contributed by atoms with Crippen LogP contribution in [0.25, 0.3) is 6.08 Å². The number of carbonyl (C=O) groups excluding carboxylic acids is 3. The molecule has 2 aromatic carbocycles. The van der Waals surface area contributed by atoms with Gasteiger partial charge in [0.25, 0.3) is 11.8 Å². The molecule has 0 spiro atoms. The average Bonchev–Trinajstić information content (AvgIpc) is 2.57. The topological polar surface area (TPSA) is 107 Å². The maximum Gasteiger partial charge on any atom is 0.335 e.